The van der Waals surface area contributed by atoms with Gasteiger partial charge in [0.1, 0.15) is 5.75 Å². The van der Waals surface area contributed by atoms with Gasteiger partial charge >= 0.3 is 0 Å². The molecule has 3 rings (SSSR count). The van der Waals surface area contributed by atoms with E-state index in [1.807, 2.05) is 0 Å². The number of rotatable bonds is 7. The van der Waals surface area contributed by atoms with E-state index in [-0.39, 0.29) is 0 Å². The van der Waals surface area contributed by atoms with Gasteiger partial charge in [-0.3, -0.25) is 4.90 Å². The summed E-state index contributed by atoms with van der Waals surface area (Å²) in [6.07, 6.45) is 4.07. The Balaban J connectivity index is 1.31. The predicted octanol–water partition coefficient (Wildman–Crippen LogP) is 2.87. The lowest BCUT2D eigenvalue weighted by Crippen LogP contribution is -2.48. The van der Waals surface area contributed by atoms with Crippen LogP contribution in [0.15, 0.2) is 18.2 Å². The summed E-state index contributed by atoms with van der Waals surface area (Å²) in [4.78, 5) is 5.14. The van der Waals surface area contributed by atoms with Crippen molar-refractivity contribution in [1.82, 2.24) is 9.80 Å². The van der Waals surface area contributed by atoms with Crippen molar-refractivity contribution in [2.24, 2.45) is 0 Å². The highest BCUT2D eigenvalue weighted by atomic mass is 16.5. The van der Waals surface area contributed by atoms with Gasteiger partial charge in [0.25, 0.3) is 0 Å². The summed E-state index contributed by atoms with van der Waals surface area (Å²) in [5, 5.41) is 0. The summed E-state index contributed by atoms with van der Waals surface area (Å²) in [6, 6.07) is 6.33. The largest absolute Gasteiger partial charge is 0.493 e. The van der Waals surface area contributed by atoms with E-state index in [9.17, 15) is 0 Å². The van der Waals surface area contributed by atoms with Crippen molar-refractivity contribution >= 4 is 0 Å². The van der Waals surface area contributed by atoms with Crippen LogP contribution in [-0.2, 0) is 4.74 Å². The molecule has 0 spiro atoms. The Hall–Kier alpha value is -1.10. The topological polar surface area (TPSA) is 24.9 Å². The normalized spacial score (nSPS) is 22.8. The van der Waals surface area contributed by atoms with Gasteiger partial charge in [0, 0.05) is 45.9 Å². The minimum atomic E-state index is 0.488. The number of hydrogen-bond acceptors (Lipinski definition) is 4. The highest BCUT2D eigenvalue weighted by Gasteiger charge is 2.22. The Morgan fingerprint density at radius 1 is 1.08 bits per heavy atom. The molecule has 0 amide bonds. The molecule has 0 aromatic heterocycles. The van der Waals surface area contributed by atoms with Crippen LogP contribution in [-0.4, -0.2) is 68.4 Å². The molecule has 0 radical (unpaired) electrons. The van der Waals surface area contributed by atoms with Crippen molar-refractivity contribution < 1.29 is 9.47 Å². The number of ether oxygens (including phenoxy) is 2. The summed E-state index contributed by atoms with van der Waals surface area (Å²) in [5.41, 5.74) is 2.47. The van der Waals surface area contributed by atoms with E-state index in [0.717, 1.165) is 38.5 Å². The Bertz CT molecular complexity index is 486. The van der Waals surface area contributed by atoms with E-state index in [2.05, 4.69) is 41.8 Å². The second-order valence-electron chi connectivity index (χ2n) is 7.20. The monoisotopic (exact) mass is 332 g/mol. The third-order valence-corrected chi connectivity index (χ3v) is 5.22. The molecule has 2 aliphatic rings. The summed E-state index contributed by atoms with van der Waals surface area (Å²) >= 11 is 0. The minimum absolute atomic E-state index is 0.488. The van der Waals surface area contributed by atoms with E-state index in [1.54, 1.807) is 0 Å². The molecule has 0 unspecified atom stereocenters. The minimum Gasteiger partial charge on any atom is -0.493 e. The van der Waals surface area contributed by atoms with Crippen LogP contribution < -0.4 is 4.74 Å². The molecule has 2 saturated heterocycles. The van der Waals surface area contributed by atoms with Crippen molar-refractivity contribution in [2.75, 3.05) is 52.5 Å². The van der Waals surface area contributed by atoms with Crippen LogP contribution >= 0.6 is 0 Å². The zero-order valence-electron chi connectivity index (χ0n) is 15.3. The first-order valence-electron chi connectivity index (χ1n) is 9.48. The molecule has 1 aromatic rings. The maximum Gasteiger partial charge on any atom is 0.125 e. The lowest BCUT2D eigenvalue weighted by Gasteiger charge is -2.35. The first-order chi connectivity index (χ1) is 11.7. The fourth-order valence-electron chi connectivity index (χ4n) is 3.76. The van der Waals surface area contributed by atoms with Crippen molar-refractivity contribution in [3.8, 4) is 5.75 Å². The van der Waals surface area contributed by atoms with Gasteiger partial charge in [-0.05, 0) is 44.2 Å². The van der Waals surface area contributed by atoms with Crippen LogP contribution in [0.2, 0.25) is 0 Å². The fraction of sp³-hybridized carbons (Fsp3) is 0.700. The maximum atomic E-state index is 6.01. The number of para-hydroxylation sites is 1. The zero-order valence-corrected chi connectivity index (χ0v) is 15.3. The predicted molar refractivity (Wildman–Crippen MR) is 97.9 cm³/mol. The average molecular weight is 332 g/mol. The van der Waals surface area contributed by atoms with E-state index < -0.39 is 0 Å². The summed E-state index contributed by atoms with van der Waals surface area (Å²) < 4.78 is 11.8. The first kappa shape index (κ1) is 17.7. The second-order valence-corrected chi connectivity index (χ2v) is 7.20. The van der Waals surface area contributed by atoms with Crippen LogP contribution in [0.1, 0.15) is 30.4 Å². The molecule has 0 N–H and O–H groups in total. The van der Waals surface area contributed by atoms with Crippen molar-refractivity contribution in [3.63, 3.8) is 0 Å². The van der Waals surface area contributed by atoms with E-state index in [4.69, 9.17) is 9.47 Å². The Morgan fingerprint density at radius 2 is 1.79 bits per heavy atom. The molecule has 2 heterocycles. The van der Waals surface area contributed by atoms with Gasteiger partial charge in [0.2, 0.25) is 0 Å². The van der Waals surface area contributed by atoms with E-state index in [1.165, 1.54) is 50.1 Å². The van der Waals surface area contributed by atoms with Gasteiger partial charge < -0.3 is 14.4 Å². The van der Waals surface area contributed by atoms with Gasteiger partial charge in [-0.15, -0.1) is 0 Å². The molecule has 2 fully saturated rings. The number of nitrogens with zero attached hydrogens (tertiary/aromatic N) is 2. The molecule has 24 heavy (non-hydrogen) atoms. The molecule has 0 aliphatic carbocycles. The number of benzene rings is 1. The van der Waals surface area contributed by atoms with Crippen molar-refractivity contribution in [1.29, 1.82) is 0 Å². The van der Waals surface area contributed by atoms with Crippen LogP contribution in [0.3, 0.4) is 0 Å². The number of hydrogen-bond donors (Lipinski definition) is 0. The second kappa shape index (κ2) is 8.84. The fourth-order valence-corrected chi connectivity index (χ4v) is 3.76. The molecule has 134 valence electrons. The average Bonchev–Trinajstić information content (AvgIpc) is 3.08. The highest BCUT2D eigenvalue weighted by Crippen LogP contribution is 2.22. The van der Waals surface area contributed by atoms with Crippen molar-refractivity contribution in [3.05, 3.63) is 29.3 Å². The molecule has 4 nitrogen and oxygen atoms in total. The standard InChI is InChI=1S/C20H32N2O2/c1-17-6-3-7-18(2)20(17)24-15-5-9-21-10-12-22(13-11-21)16-19-8-4-14-23-19/h3,6-7,19H,4-5,8-16H2,1-2H3/t19-/m0/s1. The molecule has 0 bridgehead atoms. The molecule has 1 aromatic carbocycles. The van der Waals surface area contributed by atoms with Crippen LogP contribution in [0, 0.1) is 13.8 Å². The summed E-state index contributed by atoms with van der Waals surface area (Å²) in [7, 11) is 0. The number of aryl methyl sites for hydroxylation is 2. The Morgan fingerprint density at radius 3 is 2.46 bits per heavy atom. The van der Waals surface area contributed by atoms with Crippen molar-refractivity contribution in [2.45, 2.75) is 39.2 Å². The van der Waals surface area contributed by atoms with E-state index in [0.29, 0.717) is 6.10 Å². The smallest absolute Gasteiger partial charge is 0.125 e. The molecular weight excluding hydrogens is 300 g/mol. The van der Waals surface area contributed by atoms with Crippen LogP contribution in [0.5, 0.6) is 5.75 Å². The highest BCUT2D eigenvalue weighted by molar-refractivity contribution is 5.39. The lowest BCUT2D eigenvalue weighted by atomic mass is 10.1. The summed E-state index contributed by atoms with van der Waals surface area (Å²) in [5.74, 6) is 1.07. The zero-order chi connectivity index (χ0) is 16.8. The van der Waals surface area contributed by atoms with Gasteiger partial charge in [-0.2, -0.15) is 0 Å². The molecule has 2 aliphatic heterocycles. The maximum absolute atomic E-state index is 6.01. The summed E-state index contributed by atoms with van der Waals surface area (Å²) in [6.45, 7) is 13.0. The van der Waals surface area contributed by atoms with E-state index >= 15 is 0 Å². The Kier molecular flexibility index (Phi) is 6.52. The van der Waals surface area contributed by atoms with Crippen LogP contribution in [0.4, 0.5) is 0 Å². The molecule has 0 saturated carbocycles. The first-order valence-corrected chi connectivity index (χ1v) is 9.48. The Labute approximate surface area is 146 Å². The molecule has 4 heteroatoms. The van der Waals surface area contributed by atoms with Gasteiger partial charge in [-0.25, -0.2) is 0 Å². The third kappa shape index (κ3) is 4.95. The van der Waals surface area contributed by atoms with Gasteiger partial charge in [0.15, 0.2) is 0 Å². The molecule has 1 atom stereocenters. The van der Waals surface area contributed by atoms with Gasteiger partial charge in [-0.1, -0.05) is 18.2 Å². The lowest BCUT2D eigenvalue weighted by molar-refractivity contribution is 0.0495. The SMILES string of the molecule is Cc1cccc(C)c1OCCCN1CCN(C[C@@H]2CCCO2)CC1. The quantitative estimate of drug-likeness (QED) is 0.717. The third-order valence-electron chi connectivity index (χ3n) is 5.22. The number of piperazine rings is 1. The molecular formula is C20H32N2O2. The van der Waals surface area contributed by atoms with Crippen LogP contribution in [0.25, 0.3) is 0 Å². The van der Waals surface area contributed by atoms with Gasteiger partial charge in [0.05, 0.1) is 12.7 Å².